The lowest BCUT2D eigenvalue weighted by atomic mass is 10.0. The zero-order chi connectivity index (χ0) is 65.5. The van der Waals surface area contributed by atoms with E-state index in [2.05, 4.69) is 123 Å². The molecule has 0 bridgehead atoms. The first-order valence-corrected chi connectivity index (χ1v) is 39.1. The molecule has 0 aromatic rings. The smallest absolute Gasteiger partial charge is 0.462 e. The quantitative estimate of drug-likeness (QED) is 0.0211. The number of phosphoric acid groups is 1. The van der Waals surface area contributed by atoms with E-state index in [4.69, 9.17) is 18.5 Å². The molecule has 0 aliphatic heterocycles. The van der Waals surface area contributed by atoms with Crippen molar-refractivity contribution in [3.05, 3.63) is 109 Å². The second-order valence-electron chi connectivity index (χ2n) is 26.3. The van der Waals surface area contributed by atoms with Crippen molar-refractivity contribution in [3.8, 4) is 0 Å². The molecule has 0 amide bonds. The van der Waals surface area contributed by atoms with Crippen LogP contribution in [-0.4, -0.2) is 74.9 Å². The lowest BCUT2D eigenvalue weighted by Gasteiger charge is -2.24. The summed E-state index contributed by atoms with van der Waals surface area (Å²) in [7, 11) is 1.48. The van der Waals surface area contributed by atoms with Crippen molar-refractivity contribution >= 4 is 19.8 Å². The predicted molar refractivity (Wildman–Crippen MR) is 390 cm³/mol. The third kappa shape index (κ3) is 73.7. The van der Waals surface area contributed by atoms with Gasteiger partial charge in [0.05, 0.1) is 27.7 Å². The fraction of sp³-hybridized carbons (Fsp3) is 0.750. The number of hydrogen-bond donors (Lipinski definition) is 1. The molecule has 0 aliphatic carbocycles. The van der Waals surface area contributed by atoms with Gasteiger partial charge in [-0.15, -0.1) is 0 Å². The maximum Gasteiger partial charge on any atom is 0.472 e. The van der Waals surface area contributed by atoms with Gasteiger partial charge in [-0.2, -0.15) is 0 Å². The molecular formula is C80H143NO8P+. The average molecular weight is 1280 g/mol. The highest BCUT2D eigenvalue weighted by atomic mass is 31.2. The Labute approximate surface area is 556 Å². The number of phosphoric ester groups is 1. The largest absolute Gasteiger partial charge is 0.472 e. The van der Waals surface area contributed by atoms with Crippen LogP contribution in [0.1, 0.15) is 335 Å². The van der Waals surface area contributed by atoms with Gasteiger partial charge in [0.2, 0.25) is 0 Å². The van der Waals surface area contributed by atoms with Crippen LogP contribution in [0.25, 0.3) is 0 Å². The van der Waals surface area contributed by atoms with Crippen LogP contribution in [0.4, 0.5) is 0 Å². The minimum atomic E-state index is -4.40. The Hall–Kier alpha value is -3.33. The van der Waals surface area contributed by atoms with E-state index in [1.165, 1.54) is 205 Å². The number of unbranched alkanes of at least 4 members (excludes halogenated alkanes) is 37. The summed E-state index contributed by atoms with van der Waals surface area (Å²) < 4.78 is 34.8. The third-order valence-corrected chi connectivity index (χ3v) is 17.3. The molecule has 0 rings (SSSR count). The number of nitrogens with zero attached hydrogens (tertiary/aromatic N) is 1. The molecule has 0 spiro atoms. The van der Waals surface area contributed by atoms with Crippen molar-refractivity contribution in [2.75, 3.05) is 47.5 Å². The minimum Gasteiger partial charge on any atom is -0.462 e. The van der Waals surface area contributed by atoms with E-state index < -0.39 is 26.5 Å². The van der Waals surface area contributed by atoms with E-state index in [0.717, 1.165) is 96.3 Å². The van der Waals surface area contributed by atoms with Crippen LogP contribution in [-0.2, 0) is 32.7 Å². The molecule has 0 aromatic carbocycles. The van der Waals surface area contributed by atoms with E-state index in [1.54, 1.807) is 0 Å². The van der Waals surface area contributed by atoms with Crippen LogP contribution < -0.4 is 0 Å². The van der Waals surface area contributed by atoms with E-state index in [1.807, 2.05) is 21.1 Å². The molecule has 0 aliphatic rings. The van der Waals surface area contributed by atoms with Crippen LogP contribution in [0.3, 0.4) is 0 Å². The number of quaternary nitrogens is 1. The summed E-state index contributed by atoms with van der Waals surface area (Å²) in [4.78, 5) is 36.0. The van der Waals surface area contributed by atoms with Crippen molar-refractivity contribution in [3.63, 3.8) is 0 Å². The summed E-state index contributed by atoms with van der Waals surface area (Å²) in [6.45, 7) is 4.25. The maximum absolute atomic E-state index is 12.9. The number of esters is 2. The van der Waals surface area contributed by atoms with Gasteiger partial charge in [0.1, 0.15) is 19.8 Å². The van der Waals surface area contributed by atoms with Crippen LogP contribution in [0, 0.1) is 0 Å². The maximum atomic E-state index is 12.9. The van der Waals surface area contributed by atoms with Gasteiger partial charge < -0.3 is 18.9 Å². The predicted octanol–water partition coefficient (Wildman–Crippen LogP) is 24.8. The van der Waals surface area contributed by atoms with Gasteiger partial charge in [0.15, 0.2) is 6.10 Å². The molecule has 0 saturated heterocycles. The van der Waals surface area contributed by atoms with Crippen molar-refractivity contribution in [2.45, 2.75) is 341 Å². The Balaban J connectivity index is 3.97. The fourth-order valence-corrected chi connectivity index (χ4v) is 11.4. The van der Waals surface area contributed by atoms with Crippen LogP contribution in [0.2, 0.25) is 0 Å². The number of likely N-dealkylation sites (N-methyl/N-ethyl adjacent to an activating group) is 1. The molecule has 9 nitrogen and oxygen atoms in total. The zero-order valence-corrected chi connectivity index (χ0v) is 60.2. The van der Waals surface area contributed by atoms with Crippen LogP contribution in [0.15, 0.2) is 109 Å². The molecular weight excluding hydrogens is 1130 g/mol. The summed E-state index contributed by atoms with van der Waals surface area (Å²) in [6.07, 6.45) is 99.3. The van der Waals surface area contributed by atoms with Gasteiger partial charge in [0.25, 0.3) is 0 Å². The highest BCUT2D eigenvalue weighted by Crippen LogP contribution is 2.43. The first-order chi connectivity index (χ1) is 44.0. The molecule has 0 aromatic heterocycles. The van der Waals surface area contributed by atoms with Crippen LogP contribution in [0.5, 0.6) is 0 Å². The van der Waals surface area contributed by atoms with E-state index in [9.17, 15) is 19.0 Å². The van der Waals surface area contributed by atoms with Gasteiger partial charge in [-0.05, 0) is 96.3 Å². The van der Waals surface area contributed by atoms with Gasteiger partial charge in [0, 0.05) is 12.8 Å². The number of ether oxygens (including phenoxy) is 2. The number of rotatable bonds is 69. The molecule has 10 heteroatoms. The second-order valence-corrected chi connectivity index (χ2v) is 27.7. The van der Waals surface area contributed by atoms with E-state index >= 15 is 0 Å². The number of allylic oxidation sites excluding steroid dienone is 18. The van der Waals surface area contributed by atoms with Gasteiger partial charge in [-0.25, -0.2) is 4.57 Å². The Kier molecular flexibility index (Phi) is 67.4. The lowest BCUT2D eigenvalue weighted by Crippen LogP contribution is -2.37. The molecule has 0 radical (unpaired) electrons. The van der Waals surface area contributed by atoms with Crippen molar-refractivity contribution in [1.82, 2.24) is 0 Å². The monoisotopic (exact) mass is 1280 g/mol. The molecule has 520 valence electrons. The normalized spacial score (nSPS) is 13.7. The molecule has 2 atom stereocenters. The molecule has 1 N–H and O–H groups in total. The number of carbonyl (C=O) groups is 2. The van der Waals surface area contributed by atoms with Crippen molar-refractivity contribution in [1.29, 1.82) is 0 Å². The highest BCUT2D eigenvalue weighted by molar-refractivity contribution is 7.47. The fourth-order valence-electron chi connectivity index (χ4n) is 10.6. The summed E-state index contributed by atoms with van der Waals surface area (Å²) in [5.41, 5.74) is 0. The SMILES string of the molecule is CC/C=C\C/C=C\C/C=C\C/C=C\C/C=C\CCCCCCCCCCCCCCCCCC(=O)OC(COC(=O)CCCCCCCCCCCCCCCCCCCCCCCC/C=C\C/C=C\C/C=C\C/C=C\CC)COP(=O)(O)OCC[N+](C)(C)C. The summed E-state index contributed by atoms with van der Waals surface area (Å²) >= 11 is 0. The van der Waals surface area contributed by atoms with E-state index in [-0.39, 0.29) is 32.0 Å². The van der Waals surface area contributed by atoms with Gasteiger partial charge in [-0.3, -0.25) is 18.6 Å². The van der Waals surface area contributed by atoms with Gasteiger partial charge >= 0.3 is 19.8 Å². The summed E-state index contributed by atoms with van der Waals surface area (Å²) in [5, 5.41) is 0. The molecule has 0 saturated carbocycles. The summed E-state index contributed by atoms with van der Waals surface area (Å²) in [6, 6.07) is 0. The molecule has 2 unspecified atom stereocenters. The second kappa shape index (κ2) is 70.0. The standard InChI is InChI=1S/C80H142NO8P/c1-6-8-10-12-14-16-18-20-22-24-26-28-30-32-34-36-38-39-40-41-43-44-46-48-50-52-54-56-58-60-62-64-66-68-70-72-79(82)86-76-78(77-88-90(84,85)87-75-74-81(3,4)5)89-80(83)73-71-69-67-65-63-61-59-57-55-53-51-49-47-45-42-37-35-33-31-29-27-25-23-21-19-17-15-13-11-9-7-2/h8-11,14-17,20-23,26-29,33,35,78H,6-7,12-13,18-19,24-25,30-32,34,36-77H2,1-5H3/p+1/b10-8-,11-9-,16-14-,17-15-,22-20-,23-21-,28-26-,29-27-,35-33-. The topological polar surface area (TPSA) is 108 Å². The molecule has 0 heterocycles. The lowest BCUT2D eigenvalue weighted by molar-refractivity contribution is -0.870. The zero-order valence-electron chi connectivity index (χ0n) is 59.4. The third-order valence-electron chi connectivity index (χ3n) is 16.3. The van der Waals surface area contributed by atoms with Gasteiger partial charge in [-0.1, -0.05) is 335 Å². The number of carbonyl (C=O) groups excluding carboxylic acids is 2. The summed E-state index contributed by atoms with van der Waals surface area (Å²) in [5.74, 6) is -0.785. The first-order valence-electron chi connectivity index (χ1n) is 37.6. The Bertz CT molecular complexity index is 1890. The molecule has 90 heavy (non-hydrogen) atoms. The Morgan fingerprint density at radius 3 is 0.889 bits per heavy atom. The Morgan fingerprint density at radius 1 is 0.344 bits per heavy atom. The first kappa shape index (κ1) is 86.7. The minimum absolute atomic E-state index is 0.0302. The van der Waals surface area contributed by atoms with Crippen molar-refractivity contribution < 1.29 is 42.1 Å². The molecule has 0 fully saturated rings. The van der Waals surface area contributed by atoms with Crippen LogP contribution >= 0.6 is 7.82 Å². The number of hydrogen-bond acceptors (Lipinski definition) is 7. The average Bonchev–Trinajstić information content (AvgIpc) is 3.58. The van der Waals surface area contributed by atoms with E-state index in [0.29, 0.717) is 17.4 Å². The van der Waals surface area contributed by atoms with Crippen molar-refractivity contribution in [2.24, 2.45) is 0 Å². The highest BCUT2D eigenvalue weighted by Gasteiger charge is 2.27. The Morgan fingerprint density at radius 2 is 0.600 bits per heavy atom.